The Morgan fingerprint density at radius 3 is 1.24 bits per heavy atom. The van der Waals surface area contributed by atoms with Gasteiger partial charge in [0.1, 0.15) is 11.5 Å². The summed E-state index contributed by atoms with van der Waals surface area (Å²) in [4.78, 5) is 28.8. The molecule has 42 heavy (non-hydrogen) atoms. The van der Waals surface area contributed by atoms with Gasteiger partial charge < -0.3 is 29.5 Å². The highest BCUT2D eigenvalue weighted by atomic mass is 16.5. The van der Waals surface area contributed by atoms with E-state index in [0.29, 0.717) is 0 Å². The van der Waals surface area contributed by atoms with Crippen molar-refractivity contribution in [3.8, 4) is 11.5 Å². The van der Waals surface area contributed by atoms with Crippen LogP contribution in [-0.4, -0.2) is 111 Å². The summed E-state index contributed by atoms with van der Waals surface area (Å²) < 4.78 is 11.2. The average molecular weight is 581 g/mol. The van der Waals surface area contributed by atoms with E-state index in [1.54, 1.807) is 14.2 Å². The van der Waals surface area contributed by atoms with Crippen LogP contribution in [0.5, 0.6) is 11.5 Å². The van der Waals surface area contributed by atoms with Crippen LogP contribution in [0.25, 0.3) is 0 Å². The molecule has 2 N–H and O–H groups in total. The van der Waals surface area contributed by atoms with E-state index in [-0.39, 0.29) is 0 Å². The number of hydrogen-bond donors (Lipinski definition) is 2. The first kappa shape index (κ1) is 30.0. The number of nitrogens with zero attached hydrogens (tertiary/aromatic N) is 4. The van der Waals surface area contributed by atoms with Crippen molar-refractivity contribution in [3.63, 3.8) is 0 Å². The number of carboxylic acids is 2. The minimum Gasteiger partial charge on any atom is -0.495 e. The minimum atomic E-state index is -1.82. The van der Waals surface area contributed by atoms with Gasteiger partial charge in [0, 0.05) is 64.4 Å². The zero-order valence-electron chi connectivity index (χ0n) is 24.7. The molecule has 2 saturated carbocycles. The molecule has 0 radical (unpaired) electrons. The molecule has 2 aromatic rings. The number of anilines is 2. The number of para-hydroxylation sites is 4. The van der Waals surface area contributed by atoms with E-state index in [9.17, 15) is 0 Å². The van der Waals surface area contributed by atoms with E-state index in [2.05, 4.69) is 68.1 Å². The Morgan fingerprint density at radius 1 is 0.595 bits per heavy atom. The van der Waals surface area contributed by atoms with E-state index >= 15 is 0 Å². The second-order valence-corrected chi connectivity index (χ2v) is 11.8. The van der Waals surface area contributed by atoms with Gasteiger partial charge in [-0.25, -0.2) is 9.59 Å². The standard InChI is InChI=1S/C30H42N4O2.C2H2O4/c1-35-29-9-5-3-7-27(29)33-15-11-31(12-16-33)25-19-23-21-26(22-24(23)20-25)32-13-17-34(18-14-32)28-8-4-6-10-30(28)36-2;3-1(4)2(5)6/h3-10,23-26H,11-22H2,1-2H3;(H,3,4)(H,5,6). The van der Waals surface area contributed by atoms with E-state index in [0.717, 1.165) is 61.6 Å². The highest BCUT2D eigenvalue weighted by Crippen LogP contribution is 2.47. The average Bonchev–Trinajstić information content (AvgIpc) is 3.61. The number of ether oxygens (including phenoxy) is 2. The SMILES string of the molecule is COc1ccccc1N1CCN(C2CC3CC(N4CCN(c5ccccc5OC)CC4)CC3C2)CC1.O=C(O)C(=O)O. The summed E-state index contributed by atoms with van der Waals surface area (Å²) in [6.07, 6.45) is 5.65. The quantitative estimate of drug-likeness (QED) is 0.494. The molecule has 2 aliphatic carbocycles. The van der Waals surface area contributed by atoms with Gasteiger partial charge in [0.05, 0.1) is 25.6 Å². The fourth-order valence-electron chi connectivity index (χ4n) is 7.59. The van der Waals surface area contributed by atoms with Crippen molar-refractivity contribution in [3.05, 3.63) is 48.5 Å². The summed E-state index contributed by atoms with van der Waals surface area (Å²) in [5.41, 5.74) is 2.49. The number of hydrogen-bond acceptors (Lipinski definition) is 8. The molecule has 4 aliphatic rings. The first-order valence-electron chi connectivity index (χ1n) is 15.1. The summed E-state index contributed by atoms with van der Waals surface area (Å²) in [5, 5.41) is 14.8. The van der Waals surface area contributed by atoms with Gasteiger partial charge in [-0.3, -0.25) is 9.80 Å². The third-order valence-corrected chi connectivity index (χ3v) is 9.66. The Labute approximate surface area is 248 Å². The third kappa shape index (κ3) is 6.76. The minimum absolute atomic E-state index is 0.795. The molecular formula is C32H44N4O6. The number of carbonyl (C=O) groups is 2. The Hall–Kier alpha value is -3.50. The van der Waals surface area contributed by atoms with Crippen LogP contribution in [0, 0.1) is 11.8 Å². The van der Waals surface area contributed by atoms with Crippen molar-refractivity contribution in [1.82, 2.24) is 9.80 Å². The molecule has 0 unspecified atom stereocenters. The van der Waals surface area contributed by atoms with Crippen LogP contribution >= 0.6 is 0 Å². The van der Waals surface area contributed by atoms with Crippen LogP contribution in [0.3, 0.4) is 0 Å². The second kappa shape index (κ2) is 13.6. The highest BCUT2D eigenvalue weighted by molar-refractivity contribution is 6.27. The maximum Gasteiger partial charge on any atom is 0.414 e. The van der Waals surface area contributed by atoms with Crippen LogP contribution < -0.4 is 19.3 Å². The number of fused-ring (bicyclic) bond motifs is 1. The number of piperazine rings is 2. The Balaban J connectivity index is 0.000000535. The first-order chi connectivity index (χ1) is 20.4. The lowest BCUT2D eigenvalue weighted by Gasteiger charge is -2.41. The molecule has 10 nitrogen and oxygen atoms in total. The molecule has 2 heterocycles. The van der Waals surface area contributed by atoms with E-state index in [1.165, 1.54) is 63.2 Å². The van der Waals surface area contributed by atoms with Gasteiger partial charge in [0.25, 0.3) is 0 Å². The van der Waals surface area contributed by atoms with Crippen molar-refractivity contribution in [1.29, 1.82) is 0 Å². The summed E-state index contributed by atoms with van der Waals surface area (Å²) in [6.45, 7) is 9.12. The molecule has 4 fully saturated rings. The summed E-state index contributed by atoms with van der Waals surface area (Å²) in [7, 11) is 3.56. The highest BCUT2D eigenvalue weighted by Gasteiger charge is 2.45. The second-order valence-electron chi connectivity index (χ2n) is 11.8. The van der Waals surface area contributed by atoms with Crippen molar-refractivity contribution in [2.24, 2.45) is 11.8 Å². The first-order valence-corrected chi connectivity index (χ1v) is 15.1. The number of methoxy groups -OCH3 is 2. The molecule has 2 aliphatic heterocycles. The zero-order chi connectivity index (χ0) is 29.6. The molecule has 2 aromatic carbocycles. The summed E-state index contributed by atoms with van der Waals surface area (Å²) in [5.74, 6) is 0.205. The fourth-order valence-corrected chi connectivity index (χ4v) is 7.59. The van der Waals surface area contributed by atoms with E-state index in [1.807, 2.05) is 0 Å². The fraction of sp³-hybridized carbons (Fsp3) is 0.562. The number of carboxylic acid groups (broad SMARTS) is 2. The Morgan fingerprint density at radius 2 is 0.929 bits per heavy atom. The van der Waals surface area contributed by atoms with Gasteiger partial charge in [0.2, 0.25) is 0 Å². The van der Waals surface area contributed by atoms with Gasteiger partial charge in [-0.15, -0.1) is 0 Å². The predicted molar refractivity (Wildman–Crippen MR) is 162 cm³/mol. The summed E-state index contributed by atoms with van der Waals surface area (Å²) >= 11 is 0. The molecule has 0 atom stereocenters. The number of aliphatic carboxylic acids is 2. The van der Waals surface area contributed by atoms with E-state index < -0.39 is 11.9 Å². The van der Waals surface area contributed by atoms with Crippen LogP contribution in [0.1, 0.15) is 25.7 Å². The summed E-state index contributed by atoms with van der Waals surface area (Å²) in [6, 6.07) is 18.5. The maximum atomic E-state index is 9.10. The molecule has 0 spiro atoms. The van der Waals surface area contributed by atoms with Crippen LogP contribution in [-0.2, 0) is 9.59 Å². The number of rotatable bonds is 6. The third-order valence-electron chi connectivity index (χ3n) is 9.66. The molecule has 0 amide bonds. The maximum absolute atomic E-state index is 9.10. The molecule has 228 valence electrons. The van der Waals surface area contributed by atoms with Crippen molar-refractivity contribution in [2.75, 3.05) is 76.4 Å². The molecule has 6 rings (SSSR count). The Kier molecular flexibility index (Phi) is 9.74. The lowest BCUT2D eigenvalue weighted by molar-refractivity contribution is -0.159. The van der Waals surface area contributed by atoms with Gasteiger partial charge in [-0.05, 0) is 61.8 Å². The largest absolute Gasteiger partial charge is 0.495 e. The smallest absolute Gasteiger partial charge is 0.414 e. The van der Waals surface area contributed by atoms with Crippen molar-refractivity contribution >= 4 is 23.3 Å². The monoisotopic (exact) mass is 580 g/mol. The molecule has 2 saturated heterocycles. The van der Waals surface area contributed by atoms with Gasteiger partial charge in [0.15, 0.2) is 0 Å². The van der Waals surface area contributed by atoms with Crippen molar-refractivity contribution in [2.45, 2.75) is 37.8 Å². The molecular weight excluding hydrogens is 536 g/mol. The zero-order valence-corrected chi connectivity index (χ0v) is 24.7. The van der Waals surface area contributed by atoms with E-state index in [4.69, 9.17) is 29.3 Å². The van der Waals surface area contributed by atoms with Crippen LogP contribution in [0.2, 0.25) is 0 Å². The molecule has 10 heteroatoms. The van der Waals surface area contributed by atoms with Crippen LogP contribution in [0.15, 0.2) is 48.5 Å². The lowest BCUT2D eigenvalue weighted by atomic mass is 10.0. The number of benzene rings is 2. The lowest BCUT2D eigenvalue weighted by Crippen LogP contribution is -2.51. The topological polar surface area (TPSA) is 106 Å². The normalized spacial score (nSPS) is 26.2. The predicted octanol–water partition coefficient (Wildman–Crippen LogP) is 3.36. The Bertz CT molecular complexity index is 1110. The van der Waals surface area contributed by atoms with Gasteiger partial charge in [-0.1, -0.05) is 24.3 Å². The molecule has 0 bridgehead atoms. The van der Waals surface area contributed by atoms with Crippen molar-refractivity contribution < 1.29 is 29.3 Å². The van der Waals surface area contributed by atoms with Gasteiger partial charge >= 0.3 is 11.9 Å². The van der Waals surface area contributed by atoms with Gasteiger partial charge in [-0.2, -0.15) is 0 Å². The molecule has 0 aromatic heterocycles. The van der Waals surface area contributed by atoms with Crippen LogP contribution in [0.4, 0.5) is 11.4 Å².